The molecule has 0 N–H and O–H groups in total. The standard InChI is InChI=1S/C24H36O2/c1-3-5-6-7-8-9-10-11-12-13-14-15-16-17-18-19-20-21-22-23-24(25)26-4-2/h5-6,8-9,12-17,20-21H,3-4,7,10-11,18-19,22-23H2,1-2H3/b6-5-,9-8-,13-12-,15-14+,17-16+,21-20-. The van der Waals surface area contributed by atoms with E-state index in [1.165, 1.54) is 0 Å². The molecule has 0 aliphatic heterocycles. The van der Waals surface area contributed by atoms with E-state index >= 15 is 0 Å². The van der Waals surface area contributed by atoms with Gasteiger partial charge in [-0.15, -0.1) is 0 Å². The topological polar surface area (TPSA) is 26.3 Å². The number of unbranched alkanes of at least 4 members (excludes halogenated alkanes) is 2. The van der Waals surface area contributed by atoms with Gasteiger partial charge in [-0.3, -0.25) is 4.79 Å². The molecule has 0 saturated heterocycles. The van der Waals surface area contributed by atoms with Gasteiger partial charge in [0.1, 0.15) is 0 Å². The molecule has 0 atom stereocenters. The van der Waals surface area contributed by atoms with E-state index in [-0.39, 0.29) is 5.97 Å². The van der Waals surface area contributed by atoms with Gasteiger partial charge in [0, 0.05) is 6.42 Å². The fourth-order valence-electron chi connectivity index (χ4n) is 2.09. The van der Waals surface area contributed by atoms with Crippen molar-refractivity contribution in [2.45, 2.75) is 65.2 Å². The van der Waals surface area contributed by atoms with Crippen LogP contribution in [0.25, 0.3) is 0 Å². The van der Waals surface area contributed by atoms with E-state index in [9.17, 15) is 4.79 Å². The fraction of sp³-hybridized carbons (Fsp3) is 0.458. The monoisotopic (exact) mass is 356 g/mol. The summed E-state index contributed by atoms with van der Waals surface area (Å²) in [5, 5.41) is 0. The molecule has 0 aliphatic rings. The van der Waals surface area contributed by atoms with Gasteiger partial charge in [-0.2, -0.15) is 0 Å². The number of carbonyl (C=O) groups is 1. The molecule has 0 heterocycles. The number of esters is 1. The summed E-state index contributed by atoms with van der Waals surface area (Å²) in [5.74, 6) is -0.115. The molecule has 144 valence electrons. The van der Waals surface area contributed by atoms with Gasteiger partial charge in [-0.25, -0.2) is 0 Å². The smallest absolute Gasteiger partial charge is 0.306 e. The molecule has 0 aliphatic carbocycles. The molecule has 0 saturated carbocycles. The summed E-state index contributed by atoms with van der Waals surface area (Å²) in [7, 11) is 0. The van der Waals surface area contributed by atoms with Crippen LogP contribution in [0.5, 0.6) is 0 Å². The van der Waals surface area contributed by atoms with E-state index in [1.54, 1.807) is 0 Å². The Morgan fingerprint density at radius 3 is 1.81 bits per heavy atom. The van der Waals surface area contributed by atoms with E-state index in [2.05, 4.69) is 79.8 Å². The molecule has 2 heteroatoms. The summed E-state index contributed by atoms with van der Waals surface area (Å²) in [5.41, 5.74) is 0. The number of ether oxygens (including phenoxy) is 1. The summed E-state index contributed by atoms with van der Waals surface area (Å²) in [6.45, 7) is 4.45. The van der Waals surface area contributed by atoms with Crippen molar-refractivity contribution in [1.29, 1.82) is 0 Å². The molecule has 0 aromatic heterocycles. The van der Waals surface area contributed by atoms with Crippen molar-refractivity contribution in [2.24, 2.45) is 0 Å². The van der Waals surface area contributed by atoms with E-state index in [0.717, 1.165) is 44.9 Å². The number of hydrogen-bond acceptors (Lipinski definition) is 2. The summed E-state index contributed by atoms with van der Waals surface area (Å²) < 4.78 is 4.88. The third-order valence-corrected chi connectivity index (χ3v) is 3.43. The SMILES string of the molecule is CC/C=C\C/C=C\CC\C=C/C=C/C=C/CC/C=C\CCC(=O)OCC. The Labute approximate surface area is 160 Å². The summed E-state index contributed by atoms with van der Waals surface area (Å²) in [6, 6.07) is 0. The average Bonchev–Trinajstić information content (AvgIpc) is 2.64. The normalized spacial score (nSPS) is 12.8. The van der Waals surface area contributed by atoms with Crippen LogP contribution in [0.15, 0.2) is 72.9 Å². The van der Waals surface area contributed by atoms with Gasteiger partial charge in [-0.1, -0.05) is 79.8 Å². The zero-order valence-electron chi connectivity index (χ0n) is 16.6. The average molecular weight is 357 g/mol. The molecule has 2 nitrogen and oxygen atoms in total. The Hall–Kier alpha value is -2.09. The highest BCUT2D eigenvalue weighted by molar-refractivity contribution is 5.69. The van der Waals surface area contributed by atoms with Crippen molar-refractivity contribution in [2.75, 3.05) is 6.61 Å². The second-order valence-corrected chi connectivity index (χ2v) is 5.80. The maximum absolute atomic E-state index is 11.1. The number of hydrogen-bond donors (Lipinski definition) is 0. The Balaban J connectivity index is 3.55. The highest BCUT2D eigenvalue weighted by Gasteiger charge is 1.97. The van der Waals surface area contributed by atoms with E-state index in [4.69, 9.17) is 4.74 Å². The zero-order valence-corrected chi connectivity index (χ0v) is 16.6. The highest BCUT2D eigenvalue weighted by atomic mass is 16.5. The minimum Gasteiger partial charge on any atom is -0.466 e. The first-order valence-electron chi connectivity index (χ1n) is 9.90. The van der Waals surface area contributed by atoms with Gasteiger partial charge < -0.3 is 4.74 Å². The van der Waals surface area contributed by atoms with Crippen LogP contribution in [0.1, 0.15) is 65.2 Å². The van der Waals surface area contributed by atoms with E-state index in [1.807, 2.05) is 6.92 Å². The van der Waals surface area contributed by atoms with Crippen molar-refractivity contribution in [1.82, 2.24) is 0 Å². The molecule has 0 rings (SSSR count). The lowest BCUT2D eigenvalue weighted by molar-refractivity contribution is -0.142. The maximum atomic E-state index is 11.1. The largest absolute Gasteiger partial charge is 0.466 e. The molecule has 0 bridgehead atoms. The van der Waals surface area contributed by atoms with Gasteiger partial charge >= 0.3 is 5.97 Å². The predicted molar refractivity (Wildman–Crippen MR) is 114 cm³/mol. The maximum Gasteiger partial charge on any atom is 0.306 e. The first-order valence-corrected chi connectivity index (χ1v) is 9.90. The first kappa shape index (κ1) is 23.9. The van der Waals surface area contributed by atoms with Crippen LogP contribution >= 0.6 is 0 Å². The predicted octanol–water partition coefficient (Wildman–Crippen LogP) is 7.03. The van der Waals surface area contributed by atoms with Crippen molar-refractivity contribution in [3.05, 3.63) is 72.9 Å². The Kier molecular flexibility index (Phi) is 19.3. The van der Waals surface area contributed by atoms with Crippen LogP contribution < -0.4 is 0 Å². The van der Waals surface area contributed by atoms with Crippen LogP contribution in [0.3, 0.4) is 0 Å². The molecule has 0 aromatic rings. The summed E-state index contributed by atoms with van der Waals surface area (Å²) >= 11 is 0. The van der Waals surface area contributed by atoms with Crippen molar-refractivity contribution < 1.29 is 9.53 Å². The minimum absolute atomic E-state index is 0.115. The number of carbonyl (C=O) groups excluding carboxylic acids is 1. The lowest BCUT2D eigenvalue weighted by Crippen LogP contribution is -2.02. The number of rotatable bonds is 15. The molecular formula is C24H36O2. The molecule has 0 fully saturated rings. The van der Waals surface area contributed by atoms with Crippen LogP contribution in [-0.4, -0.2) is 12.6 Å². The van der Waals surface area contributed by atoms with Gasteiger partial charge in [0.15, 0.2) is 0 Å². The quantitative estimate of drug-likeness (QED) is 0.136. The molecule has 0 spiro atoms. The lowest BCUT2D eigenvalue weighted by Gasteiger charge is -1.97. The van der Waals surface area contributed by atoms with Gasteiger partial charge in [0.25, 0.3) is 0 Å². The van der Waals surface area contributed by atoms with Gasteiger partial charge in [0.05, 0.1) is 6.61 Å². The first-order chi connectivity index (χ1) is 12.8. The third kappa shape index (κ3) is 20.0. The van der Waals surface area contributed by atoms with Crippen LogP contribution in [0.4, 0.5) is 0 Å². The highest BCUT2D eigenvalue weighted by Crippen LogP contribution is 1.99. The Bertz CT molecular complexity index is 490. The molecular weight excluding hydrogens is 320 g/mol. The summed E-state index contributed by atoms with van der Waals surface area (Å²) in [4.78, 5) is 11.1. The molecule has 0 aromatic carbocycles. The molecule has 0 amide bonds. The molecule has 26 heavy (non-hydrogen) atoms. The van der Waals surface area contributed by atoms with Crippen LogP contribution in [-0.2, 0) is 9.53 Å². The van der Waals surface area contributed by atoms with Crippen molar-refractivity contribution in [3.63, 3.8) is 0 Å². The van der Waals surface area contributed by atoms with Crippen LogP contribution in [0, 0.1) is 0 Å². The lowest BCUT2D eigenvalue weighted by atomic mass is 10.2. The summed E-state index contributed by atoms with van der Waals surface area (Å²) in [6.07, 6.45) is 33.3. The van der Waals surface area contributed by atoms with Crippen LogP contribution in [0.2, 0.25) is 0 Å². The Morgan fingerprint density at radius 2 is 1.19 bits per heavy atom. The van der Waals surface area contributed by atoms with Gasteiger partial charge in [-0.05, 0) is 51.9 Å². The van der Waals surface area contributed by atoms with Crippen molar-refractivity contribution in [3.8, 4) is 0 Å². The Morgan fingerprint density at radius 1 is 0.654 bits per heavy atom. The van der Waals surface area contributed by atoms with E-state index < -0.39 is 0 Å². The number of allylic oxidation sites excluding steroid dienone is 12. The zero-order chi connectivity index (χ0) is 19.1. The second kappa shape index (κ2) is 21.0. The third-order valence-electron chi connectivity index (χ3n) is 3.43. The molecule has 0 radical (unpaired) electrons. The second-order valence-electron chi connectivity index (χ2n) is 5.80. The van der Waals surface area contributed by atoms with Crippen molar-refractivity contribution >= 4 is 5.97 Å². The fourth-order valence-corrected chi connectivity index (χ4v) is 2.09. The van der Waals surface area contributed by atoms with Gasteiger partial charge in [0.2, 0.25) is 0 Å². The minimum atomic E-state index is -0.115. The van der Waals surface area contributed by atoms with E-state index in [0.29, 0.717) is 13.0 Å². The molecule has 0 unspecified atom stereocenters.